The minimum Gasteiger partial charge on any atom is -0.335 e. The molecule has 0 aliphatic rings. The van der Waals surface area contributed by atoms with E-state index in [9.17, 15) is 18.0 Å². The Labute approximate surface area is 169 Å². The Hall–Kier alpha value is -3.01. The second kappa shape index (κ2) is 8.56. The Kier molecular flexibility index (Phi) is 6.12. The fourth-order valence-corrected chi connectivity index (χ4v) is 3.63. The number of hydrogen-bond donors (Lipinski definition) is 1. The molecule has 1 heterocycles. The number of aromatic nitrogens is 3. The number of carbonyl (C=O) groups excluding carboxylic acids is 1. The summed E-state index contributed by atoms with van der Waals surface area (Å²) in [5.41, 5.74) is 1.83. The molecule has 0 fully saturated rings. The molecule has 0 unspecified atom stereocenters. The third-order valence-electron chi connectivity index (χ3n) is 4.25. The van der Waals surface area contributed by atoms with Crippen LogP contribution in [-0.4, -0.2) is 38.5 Å². The van der Waals surface area contributed by atoms with Gasteiger partial charge in [0, 0.05) is 7.05 Å². The van der Waals surface area contributed by atoms with E-state index in [1.807, 2.05) is 60.7 Å². The summed E-state index contributed by atoms with van der Waals surface area (Å²) < 4.78 is 38.7. The number of alkyl halides is 3. The quantitative estimate of drug-likeness (QED) is 0.488. The number of nitrogens with zero attached hydrogens (tertiary/aromatic N) is 4. The van der Waals surface area contributed by atoms with Crippen LogP contribution in [-0.2, 0) is 11.0 Å². The van der Waals surface area contributed by atoms with E-state index in [1.165, 1.54) is 0 Å². The monoisotopic (exact) mass is 421 g/mol. The highest BCUT2D eigenvalue weighted by Gasteiger charge is 2.38. The Balaban J connectivity index is 1.78. The summed E-state index contributed by atoms with van der Waals surface area (Å²) in [6.45, 7) is 0. The molecule has 29 heavy (non-hydrogen) atoms. The smallest absolute Gasteiger partial charge is 0.335 e. The minimum atomic E-state index is -4.72. The number of hydrogen-bond acceptors (Lipinski definition) is 5. The lowest BCUT2D eigenvalue weighted by molar-refractivity contribution is -0.146. The maximum atomic E-state index is 12.8. The van der Waals surface area contributed by atoms with Crippen LogP contribution in [0.4, 0.5) is 13.2 Å². The van der Waals surface area contributed by atoms with E-state index < -0.39 is 12.0 Å². The lowest BCUT2D eigenvalue weighted by atomic mass is 9.97. The first-order chi connectivity index (χ1) is 13.8. The van der Waals surface area contributed by atoms with Crippen LogP contribution in [0.2, 0.25) is 0 Å². The molecular weight excluding hydrogens is 403 g/mol. The molecule has 152 valence electrons. The second-order valence-electron chi connectivity index (χ2n) is 6.19. The fraction of sp³-hybridized carbons (Fsp3) is 0.211. The summed E-state index contributed by atoms with van der Waals surface area (Å²) in [5.74, 6) is 3.68. The van der Waals surface area contributed by atoms with Crippen LogP contribution in [0.5, 0.6) is 0 Å². The maximum absolute atomic E-state index is 12.8. The molecule has 0 saturated heterocycles. The standard InChI is InChI=1S/C19H18F3N5OS/c1-26(15(28)12-29-18-25-24-17(27(18)23)19(20,21)22)16(13-8-4-2-5-9-13)14-10-6-3-7-11-14/h2-11,16H,12,23H2,1H3. The third kappa shape index (κ3) is 4.70. The van der Waals surface area contributed by atoms with Crippen LogP contribution in [0.3, 0.4) is 0 Å². The lowest BCUT2D eigenvalue weighted by Gasteiger charge is -2.29. The highest BCUT2D eigenvalue weighted by Crippen LogP contribution is 2.30. The van der Waals surface area contributed by atoms with Crippen LogP contribution in [0.1, 0.15) is 23.0 Å². The molecule has 3 aromatic rings. The third-order valence-corrected chi connectivity index (χ3v) is 5.18. The van der Waals surface area contributed by atoms with E-state index in [0.29, 0.717) is 4.68 Å². The van der Waals surface area contributed by atoms with Gasteiger partial charge in [0.25, 0.3) is 5.82 Å². The number of rotatable bonds is 6. The van der Waals surface area contributed by atoms with Gasteiger partial charge in [-0.25, -0.2) is 4.68 Å². The van der Waals surface area contributed by atoms with Gasteiger partial charge in [0.15, 0.2) is 0 Å². The van der Waals surface area contributed by atoms with E-state index in [4.69, 9.17) is 5.84 Å². The first-order valence-electron chi connectivity index (χ1n) is 8.55. The number of halogens is 3. The van der Waals surface area contributed by atoms with Gasteiger partial charge in [-0.2, -0.15) is 13.2 Å². The number of nitrogen functional groups attached to an aromatic ring is 1. The highest BCUT2D eigenvalue weighted by atomic mass is 32.2. The van der Waals surface area contributed by atoms with Gasteiger partial charge >= 0.3 is 6.18 Å². The predicted octanol–water partition coefficient (Wildman–Crippen LogP) is 3.35. The molecular formula is C19H18F3N5OS. The zero-order valence-corrected chi connectivity index (χ0v) is 16.2. The topological polar surface area (TPSA) is 77.0 Å². The zero-order chi connectivity index (χ0) is 21.0. The first-order valence-corrected chi connectivity index (χ1v) is 9.53. The molecule has 2 N–H and O–H groups in total. The van der Waals surface area contributed by atoms with Crippen molar-refractivity contribution in [2.45, 2.75) is 17.4 Å². The van der Waals surface area contributed by atoms with Gasteiger partial charge in [-0.05, 0) is 11.1 Å². The summed E-state index contributed by atoms with van der Waals surface area (Å²) in [6.07, 6.45) is -4.72. The van der Waals surface area contributed by atoms with Crippen molar-refractivity contribution in [3.05, 3.63) is 77.6 Å². The van der Waals surface area contributed by atoms with Gasteiger partial charge in [-0.3, -0.25) is 4.79 Å². The van der Waals surface area contributed by atoms with Crippen LogP contribution in [0.15, 0.2) is 65.8 Å². The van der Waals surface area contributed by atoms with Crippen molar-refractivity contribution >= 4 is 17.7 Å². The molecule has 0 radical (unpaired) electrons. The van der Waals surface area contributed by atoms with Crippen LogP contribution in [0.25, 0.3) is 0 Å². The average molecular weight is 421 g/mol. The second-order valence-corrected chi connectivity index (χ2v) is 7.13. The molecule has 6 nitrogen and oxygen atoms in total. The molecule has 0 bridgehead atoms. The van der Waals surface area contributed by atoms with Crippen molar-refractivity contribution in [3.8, 4) is 0 Å². The summed E-state index contributed by atoms with van der Waals surface area (Å²) in [5, 5.41) is 6.31. The minimum absolute atomic E-state index is 0.139. The van der Waals surface area contributed by atoms with Crippen molar-refractivity contribution in [2.24, 2.45) is 0 Å². The molecule has 1 aromatic heterocycles. The van der Waals surface area contributed by atoms with Gasteiger partial charge < -0.3 is 10.7 Å². The summed E-state index contributed by atoms with van der Waals surface area (Å²) in [4.78, 5) is 14.4. The Morgan fingerprint density at radius 2 is 1.59 bits per heavy atom. The van der Waals surface area contributed by atoms with Gasteiger partial charge in [0.2, 0.25) is 11.1 Å². The largest absolute Gasteiger partial charge is 0.453 e. The molecule has 0 atom stereocenters. The van der Waals surface area contributed by atoms with Gasteiger partial charge in [-0.15, -0.1) is 10.2 Å². The number of benzene rings is 2. The van der Waals surface area contributed by atoms with E-state index in [-0.39, 0.29) is 22.9 Å². The van der Waals surface area contributed by atoms with Crippen LogP contribution >= 0.6 is 11.8 Å². The SMILES string of the molecule is CN(C(=O)CSc1nnc(C(F)(F)F)n1N)C(c1ccccc1)c1ccccc1. The van der Waals surface area contributed by atoms with Crippen molar-refractivity contribution < 1.29 is 18.0 Å². The van der Waals surface area contributed by atoms with E-state index in [1.54, 1.807) is 11.9 Å². The van der Waals surface area contributed by atoms with Crippen molar-refractivity contribution in [3.63, 3.8) is 0 Å². The molecule has 0 aliphatic carbocycles. The molecule has 3 rings (SSSR count). The molecule has 10 heteroatoms. The normalized spacial score (nSPS) is 11.6. The van der Waals surface area contributed by atoms with Gasteiger partial charge in [-0.1, -0.05) is 72.4 Å². The van der Waals surface area contributed by atoms with E-state index in [0.717, 1.165) is 22.9 Å². The molecule has 2 aromatic carbocycles. The van der Waals surface area contributed by atoms with Crippen LogP contribution in [0, 0.1) is 0 Å². The Bertz CT molecular complexity index is 923. The van der Waals surface area contributed by atoms with Crippen molar-refractivity contribution in [1.29, 1.82) is 0 Å². The Morgan fingerprint density at radius 3 is 2.03 bits per heavy atom. The zero-order valence-electron chi connectivity index (χ0n) is 15.4. The predicted molar refractivity (Wildman–Crippen MR) is 103 cm³/mol. The average Bonchev–Trinajstić information content (AvgIpc) is 3.08. The van der Waals surface area contributed by atoms with Gasteiger partial charge in [0.05, 0.1) is 11.8 Å². The molecule has 0 aliphatic heterocycles. The number of amides is 1. The Morgan fingerprint density at radius 1 is 1.07 bits per heavy atom. The maximum Gasteiger partial charge on any atom is 0.453 e. The summed E-state index contributed by atoms with van der Waals surface area (Å²) in [6, 6.07) is 18.6. The van der Waals surface area contributed by atoms with Crippen molar-refractivity contribution in [2.75, 3.05) is 18.6 Å². The van der Waals surface area contributed by atoms with Gasteiger partial charge in [0.1, 0.15) is 0 Å². The van der Waals surface area contributed by atoms with E-state index >= 15 is 0 Å². The molecule has 1 amide bonds. The summed E-state index contributed by atoms with van der Waals surface area (Å²) >= 11 is 0.801. The fourth-order valence-electron chi connectivity index (χ4n) is 2.85. The number of thioether (sulfide) groups is 1. The number of nitrogens with two attached hydrogens (primary N) is 1. The summed E-state index contributed by atoms with van der Waals surface area (Å²) in [7, 11) is 1.65. The highest BCUT2D eigenvalue weighted by molar-refractivity contribution is 7.99. The first kappa shape index (κ1) is 20.7. The van der Waals surface area contributed by atoms with Crippen molar-refractivity contribution in [1.82, 2.24) is 19.8 Å². The lowest BCUT2D eigenvalue weighted by Crippen LogP contribution is -2.33. The molecule has 0 spiro atoms. The molecule has 0 saturated carbocycles. The number of carbonyl (C=O) groups is 1. The van der Waals surface area contributed by atoms with Crippen LogP contribution < -0.4 is 5.84 Å². The van der Waals surface area contributed by atoms with E-state index in [2.05, 4.69) is 10.2 Å².